The maximum atomic E-state index is 5.88. The van der Waals surface area contributed by atoms with E-state index in [1.54, 1.807) is 0 Å². The summed E-state index contributed by atoms with van der Waals surface area (Å²) in [6.45, 7) is 7.31. The summed E-state index contributed by atoms with van der Waals surface area (Å²) >= 11 is -0.804. The second-order valence-corrected chi connectivity index (χ2v) is 6.71. The average Bonchev–Trinajstić information content (AvgIpc) is 2.59. The Morgan fingerprint density at radius 2 is 2.17 bits per heavy atom. The lowest BCUT2D eigenvalue weighted by Crippen LogP contribution is -2.20. The van der Waals surface area contributed by atoms with Crippen molar-refractivity contribution in [2.45, 2.75) is 30.8 Å². The first kappa shape index (κ1) is 10.5. The Kier molecular flexibility index (Phi) is 5.26. The minimum atomic E-state index is -0.804. The maximum Gasteiger partial charge on any atom is 0.460 e. The van der Waals surface area contributed by atoms with Crippen molar-refractivity contribution in [1.82, 2.24) is 0 Å². The summed E-state index contributed by atoms with van der Waals surface area (Å²) in [6, 6.07) is 0. The smallest absolute Gasteiger partial charge is 0.460 e. The van der Waals surface area contributed by atoms with Gasteiger partial charge in [-0.25, -0.2) is 0 Å². The van der Waals surface area contributed by atoms with Crippen molar-refractivity contribution in [3.05, 3.63) is 0 Å². The molecule has 1 saturated heterocycles. The second-order valence-electron chi connectivity index (χ2n) is 3.50. The van der Waals surface area contributed by atoms with Gasteiger partial charge in [-0.2, -0.15) is 0 Å². The predicted molar refractivity (Wildman–Crippen MR) is 51.6 cm³/mol. The van der Waals surface area contributed by atoms with Crippen LogP contribution < -0.4 is 0 Å². The number of rotatable bonds is 5. The number of hydrogen-bond donors (Lipinski definition) is 0. The molecule has 1 heterocycles. The van der Waals surface area contributed by atoms with Crippen LogP contribution in [0.15, 0.2) is 0 Å². The van der Waals surface area contributed by atoms with Crippen molar-refractivity contribution in [2.75, 3.05) is 19.8 Å². The van der Waals surface area contributed by atoms with Crippen molar-refractivity contribution in [3.8, 4) is 0 Å². The highest BCUT2D eigenvalue weighted by Gasteiger charge is 2.20. The topological polar surface area (TPSA) is 18.5 Å². The van der Waals surface area contributed by atoms with Crippen molar-refractivity contribution in [1.29, 1.82) is 0 Å². The van der Waals surface area contributed by atoms with Crippen LogP contribution in [0, 0.1) is 5.92 Å². The van der Waals surface area contributed by atoms with E-state index in [2.05, 4.69) is 13.8 Å². The van der Waals surface area contributed by atoms with Gasteiger partial charge < -0.3 is 8.53 Å². The molecule has 2 nitrogen and oxygen atoms in total. The van der Waals surface area contributed by atoms with Gasteiger partial charge in [-0.15, -0.1) is 0 Å². The molecule has 0 aromatic carbocycles. The van der Waals surface area contributed by atoms with Crippen molar-refractivity contribution in [2.24, 2.45) is 5.92 Å². The van der Waals surface area contributed by atoms with Crippen molar-refractivity contribution >= 4 is 14.5 Å². The molecule has 1 fully saturated rings. The van der Waals surface area contributed by atoms with Gasteiger partial charge >= 0.3 is 14.5 Å². The molecule has 1 aliphatic rings. The molecular formula is C9H19AlO2. The lowest BCUT2D eigenvalue weighted by Gasteiger charge is -2.12. The van der Waals surface area contributed by atoms with Gasteiger partial charge in [0.15, 0.2) is 0 Å². The molecule has 12 heavy (non-hydrogen) atoms. The molecule has 0 amide bonds. The molecule has 1 aliphatic heterocycles. The summed E-state index contributed by atoms with van der Waals surface area (Å²) in [5.41, 5.74) is 0. The molecule has 0 aromatic heterocycles. The first-order chi connectivity index (χ1) is 5.86. The minimum Gasteiger partial charge on any atom is -0.500 e. The molecule has 0 N–H and O–H groups in total. The summed E-state index contributed by atoms with van der Waals surface area (Å²) in [4.78, 5) is 0. The Hall–Kier alpha value is 0.452. The third kappa shape index (κ3) is 3.45. The largest absolute Gasteiger partial charge is 0.500 e. The van der Waals surface area contributed by atoms with Crippen LogP contribution in [0.25, 0.3) is 0 Å². The highest BCUT2D eigenvalue weighted by Crippen LogP contribution is 2.13. The van der Waals surface area contributed by atoms with E-state index in [0.29, 0.717) is 5.92 Å². The van der Waals surface area contributed by atoms with Gasteiger partial charge in [0.1, 0.15) is 0 Å². The van der Waals surface area contributed by atoms with E-state index in [1.165, 1.54) is 17.0 Å². The summed E-state index contributed by atoms with van der Waals surface area (Å²) in [6.07, 6.45) is 1.20. The standard InChI is InChI=1S/C5H9O2.2C2H5.Al/c6-3-5-1-2-7-4-5;2*1-2;/h5H,1-4H2;2*1H2,2H3;/q-1;;;+1. The first-order valence-electron chi connectivity index (χ1n) is 5.06. The van der Waals surface area contributed by atoms with Gasteiger partial charge in [-0.3, -0.25) is 0 Å². The second kappa shape index (κ2) is 5.99. The number of ether oxygens (including phenoxy) is 1. The zero-order chi connectivity index (χ0) is 8.81. The number of hydrogen-bond acceptors (Lipinski definition) is 2. The lowest BCUT2D eigenvalue weighted by atomic mass is 10.1. The molecule has 0 saturated carbocycles. The Bertz CT molecular complexity index is 107. The normalized spacial score (nSPS) is 23.0. The highest BCUT2D eigenvalue weighted by molar-refractivity contribution is 6.51. The monoisotopic (exact) mass is 186 g/mol. The summed E-state index contributed by atoms with van der Waals surface area (Å²) in [5.74, 6) is 0.693. The zero-order valence-corrected chi connectivity index (χ0v) is 9.37. The van der Waals surface area contributed by atoms with E-state index in [1.807, 2.05) is 0 Å². The summed E-state index contributed by atoms with van der Waals surface area (Å²) in [5, 5.41) is 2.54. The third-order valence-corrected chi connectivity index (χ3v) is 4.99. The van der Waals surface area contributed by atoms with Crippen LogP contribution in [-0.2, 0) is 8.53 Å². The van der Waals surface area contributed by atoms with E-state index < -0.39 is 14.5 Å². The average molecular weight is 186 g/mol. The molecule has 0 radical (unpaired) electrons. The van der Waals surface area contributed by atoms with Crippen LogP contribution in [0.4, 0.5) is 0 Å². The summed E-state index contributed by atoms with van der Waals surface area (Å²) < 4.78 is 11.2. The quantitative estimate of drug-likeness (QED) is 0.612. The van der Waals surface area contributed by atoms with E-state index in [-0.39, 0.29) is 0 Å². The molecule has 70 valence electrons. The van der Waals surface area contributed by atoms with Gasteiger partial charge in [-0.05, 0) is 6.42 Å². The van der Waals surface area contributed by atoms with E-state index in [9.17, 15) is 0 Å². The fourth-order valence-electron chi connectivity index (χ4n) is 1.51. The van der Waals surface area contributed by atoms with E-state index >= 15 is 0 Å². The predicted octanol–water partition coefficient (Wildman–Crippen LogP) is 2.07. The van der Waals surface area contributed by atoms with Crippen LogP contribution >= 0.6 is 0 Å². The molecule has 0 aliphatic carbocycles. The molecule has 0 aromatic rings. The Labute approximate surface area is 80.0 Å². The Morgan fingerprint density at radius 1 is 1.42 bits per heavy atom. The maximum absolute atomic E-state index is 5.88. The molecule has 1 atom stereocenters. The molecular weight excluding hydrogens is 167 g/mol. The van der Waals surface area contributed by atoms with Crippen molar-refractivity contribution < 1.29 is 8.53 Å². The van der Waals surface area contributed by atoms with Crippen LogP contribution in [0.2, 0.25) is 10.6 Å². The van der Waals surface area contributed by atoms with Gasteiger partial charge in [0.25, 0.3) is 0 Å². The van der Waals surface area contributed by atoms with Crippen LogP contribution in [0.5, 0.6) is 0 Å². The molecule has 0 spiro atoms. The molecule has 3 heteroatoms. The van der Waals surface area contributed by atoms with Crippen molar-refractivity contribution in [3.63, 3.8) is 0 Å². The molecule has 0 bridgehead atoms. The van der Waals surface area contributed by atoms with E-state index in [0.717, 1.165) is 19.8 Å². The first-order valence-corrected chi connectivity index (χ1v) is 7.16. The van der Waals surface area contributed by atoms with Gasteiger partial charge in [0.2, 0.25) is 0 Å². The Morgan fingerprint density at radius 3 is 2.67 bits per heavy atom. The van der Waals surface area contributed by atoms with Crippen LogP contribution in [0.3, 0.4) is 0 Å². The molecule has 1 rings (SSSR count). The van der Waals surface area contributed by atoms with Gasteiger partial charge in [0, 0.05) is 19.1 Å². The minimum absolute atomic E-state index is 0.693. The lowest BCUT2D eigenvalue weighted by molar-refractivity contribution is 0.166. The van der Waals surface area contributed by atoms with E-state index in [4.69, 9.17) is 8.53 Å². The Balaban J connectivity index is 2.06. The fourth-order valence-corrected chi connectivity index (χ4v) is 3.10. The molecule has 1 unspecified atom stereocenters. The summed E-state index contributed by atoms with van der Waals surface area (Å²) in [7, 11) is 0. The van der Waals surface area contributed by atoms with Gasteiger partial charge in [-0.1, -0.05) is 24.4 Å². The van der Waals surface area contributed by atoms with Crippen LogP contribution in [0.1, 0.15) is 20.3 Å². The fraction of sp³-hybridized carbons (Fsp3) is 1.00. The van der Waals surface area contributed by atoms with Crippen LogP contribution in [-0.4, -0.2) is 34.3 Å². The zero-order valence-electron chi connectivity index (χ0n) is 8.21. The highest BCUT2D eigenvalue weighted by atomic mass is 27.2. The SMILES string of the molecule is C[CH2][Al]([CH2]C)[O]CC1CCOC1. The third-order valence-electron chi connectivity index (χ3n) is 2.50. The van der Waals surface area contributed by atoms with Gasteiger partial charge in [0.05, 0.1) is 6.61 Å².